The lowest BCUT2D eigenvalue weighted by atomic mass is 10.0. The second kappa shape index (κ2) is 8.96. The lowest BCUT2D eigenvalue weighted by Crippen LogP contribution is -2.45. The van der Waals surface area contributed by atoms with Crippen molar-refractivity contribution in [1.82, 2.24) is 24.2 Å². The van der Waals surface area contributed by atoms with E-state index >= 15 is 0 Å². The molecule has 1 fully saturated rings. The monoisotopic (exact) mass is 461 g/mol. The number of aromatic nitrogens is 4. The third kappa shape index (κ3) is 5.07. The number of nitrogen functional groups attached to an aromatic ring is 1. The molecule has 0 radical (unpaired) electrons. The molecule has 3 rings (SSSR count). The largest absolute Gasteiger partial charge is 0.387 e. The molecular formula is C16H24FN7O6S. The summed E-state index contributed by atoms with van der Waals surface area (Å²) in [4.78, 5) is 23.7. The molecule has 13 nitrogen and oxygen atoms in total. The molecule has 1 amide bonds. The van der Waals surface area contributed by atoms with Gasteiger partial charge in [0.2, 0.25) is 0 Å². The van der Waals surface area contributed by atoms with Gasteiger partial charge in [0.05, 0.1) is 19.0 Å². The van der Waals surface area contributed by atoms with E-state index < -0.39 is 53.5 Å². The summed E-state index contributed by atoms with van der Waals surface area (Å²) < 4.78 is 51.8. The number of alkyl halides is 1. The molecule has 0 aliphatic carbocycles. The van der Waals surface area contributed by atoms with E-state index in [0.717, 1.165) is 6.33 Å². The molecule has 0 aromatic carbocycles. The number of hydrogen-bond acceptors (Lipinski definition) is 11. The van der Waals surface area contributed by atoms with Gasteiger partial charge in [-0.25, -0.2) is 24.1 Å². The number of halogens is 1. The first-order valence-corrected chi connectivity index (χ1v) is 10.8. The highest BCUT2D eigenvalue weighted by molar-refractivity contribution is 7.85. The minimum absolute atomic E-state index is 0.0738. The molecule has 1 aliphatic heterocycles. The number of carbonyl (C=O) groups excluding carboxylic acids is 1. The Kier molecular flexibility index (Phi) is 6.70. The third-order valence-corrected chi connectivity index (χ3v) is 5.53. The van der Waals surface area contributed by atoms with Gasteiger partial charge in [-0.1, -0.05) is 13.8 Å². The predicted octanol–water partition coefficient (Wildman–Crippen LogP) is -1.24. The van der Waals surface area contributed by atoms with E-state index in [1.165, 1.54) is 10.9 Å². The molecule has 31 heavy (non-hydrogen) atoms. The Bertz CT molecular complexity index is 1050. The van der Waals surface area contributed by atoms with Gasteiger partial charge in [0.1, 0.15) is 24.1 Å². The van der Waals surface area contributed by atoms with E-state index in [4.69, 9.17) is 20.4 Å². The SMILES string of the molecule is CC(C)C[C@H](N)C(=O)NS(=O)(=O)OC[C@H]1O[C@@H](n2cnc3c(N)ncnc32)[C@H](F)[C@@H]1O. The Morgan fingerprint density at radius 1 is 1.42 bits per heavy atom. The number of ether oxygens (including phenoxy) is 1. The molecule has 0 spiro atoms. The maximum Gasteiger partial charge on any atom is 0.362 e. The minimum Gasteiger partial charge on any atom is -0.387 e. The van der Waals surface area contributed by atoms with Crippen LogP contribution in [0, 0.1) is 5.92 Å². The van der Waals surface area contributed by atoms with Crippen LogP contribution >= 0.6 is 0 Å². The van der Waals surface area contributed by atoms with E-state index in [0.29, 0.717) is 0 Å². The molecule has 1 aliphatic rings. The first kappa shape index (κ1) is 23.2. The number of imidazole rings is 1. The molecule has 2 aromatic heterocycles. The van der Waals surface area contributed by atoms with Gasteiger partial charge in [-0.05, 0) is 12.3 Å². The van der Waals surface area contributed by atoms with Crippen LogP contribution in [0.4, 0.5) is 10.2 Å². The summed E-state index contributed by atoms with van der Waals surface area (Å²) in [6, 6.07) is -1.05. The van der Waals surface area contributed by atoms with Crippen LogP contribution in [0.15, 0.2) is 12.7 Å². The first-order chi connectivity index (χ1) is 14.5. The Hall–Kier alpha value is -2.46. The second-order valence-electron chi connectivity index (χ2n) is 7.52. The number of hydrogen-bond donors (Lipinski definition) is 4. The highest BCUT2D eigenvalue weighted by atomic mass is 32.2. The molecule has 172 valence electrons. The van der Waals surface area contributed by atoms with Crippen molar-refractivity contribution < 1.29 is 31.6 Å². The van der Waals surface area contributed by atoms with Crippen LogP contribution in [0.1, 0.15) is 26.5 Å². The second-order valence-corrected chi connectivity index (χ2v) is 8.87. The smallest absolute Gasteiger partial charge is 0.362 e. The molecule has 2 aromatic rings. The molecule has 3 heterocycles. The molecular weight excluding hydrogens is 437 g/mol. The van der Waals surface area contributed by atoms with Crippen molar-refractivity contribution in [2.45, 2.75) is 50.9 Å². The first-order valence-electron chi connectivity index (χ1n) is 9.37. The molecule has 0 unspecified atom stereocenters. The Balaban J connectivity index is 1.65. The number of rotatable bonds is 8. The van der Waals surface area contributed by atoms with Gasteiger partial charge in [0.15, 0.2) is 23.9 Å². The number of fused-ring (bicyclic) bond motifs is 1. The normalized spacial score (nSPS) is 25.2. The van der Waals surface area contributed by atoms with Crippen LogP contribution in [0.5, 0.6) is 0 Å². The molecule has 0 bridgehead atoms. The van der Waals surface area contributed by atoms with Crippen LogP contribution < -0.4 is 16.2 Å². The number of carbonyl (C=O) groups is 1. The zero-order valence-corrected chi connectivity index (χ0v) is 17.6. The highest BCUT2D eigenvalue weighted by Gasteiger charge is 2.46. The van der Waals surface area contributed by atoms with Gasteiger partial charge in [-0.2, -0.15) is 8.42 Å². The third-order valence-electron chi connectivity index (χ3n) is 4.63. The number of aliphatic hydroxyl groups excluding tert-OH is 1. The number of amides is 1. The summed E-state index contributed by atoms with van der Waals surface area (Å²) >= 11 is 0. The fourth-order valence-electron chi connectivity index (χ4n) is 3.12. The fourth-order valence-corrected chi connectivity index (χ4v) is 3.89. The molecule has 15 heteroatoms. The summed E-state index contributed by atoms with van der Waals surface area (Å²) in [5.74, 6) is -0.787. The Morgan fingerprint density at radius 3 is 2.81 bits per heavy atom. The highest BCUT2D eigenvalue weighted by Crippen LogP contribution is 2.34. The fraction of sp³-hybridized carbons (Fsp3) is 0.625. The summed E-state index contributed by atoms with van der Waals surface area (Å²) in [5, 5.41) is 10.1. The van der Waals surface area contributed by atoms with Crippen molar-refractivity contribution in [3.05, 3.63) is 12.7 Å². The molecule has 1 saturated heterocycles. The summed E-state index contributed by atoms with van der Waals surface area (Å²) in [5.41, 5.74) is 11.7. The van der Waals surface area contributed by atoms with Gasteiger partial charge in [0.25, 0.3) is 5.91 Å². The van der Waals surface area contributed by atoms with E-state index in [-0.39, 0.29) is 29.3 Å². The predicted molar refractivity (Wildman–Crippen MR) is 105 cm³/mol. The average molecular weight is 461 g/mol. The average Bonchev–Trinajstić information content (AvgIpc) is 3.22. The Labute approximate surface area is 177 Å². The van der Waals surface area contributed by atoms with Gasteiger partial charge in [0, 0.05) is 0 Å². The van der Waals surface area contributed by atoms with E-state index in [9.17, 15) is 22.7 Å². The summed E-state index contributed by atoms with van der Waals surface area (Å²) in [6.45, 7) is 2.90. The quantitative estimate of drug-likeness (QED) is 0.366. The van der Waals surface area contributed by atoms with Gasteiger partial charge in [-0.3, -0.25) is 13.5 Å². The summed E-state index contributed by atoms with van der Waals surface area (Å²) in [7, 11) is -4.55. The maximum atomic E-state index is 14.7. The number of nitrogens with two attached hydrogens (primary N) is 2. The van der Waals surface area contributed by atoms with E-state index in [1.807, 2.05) is 13.8 Å². The van der Waals surface area contributed by atoms with Crippen LogP contribution in [0.3, 0.4) is 0 Å². The van der Waals surface area contributed by atoms with Crippen molar-refractivity contribution in [1.29, 1.82) is 0 Å². The van der Waals surface area contributed by atoms with Crippen LogP contribution in [-0.2, 0) is 24.0 Å². The number of anilines is 1. The minimum atomic E-state index is -4.55. The van der Waals surface area contributed by atoms with Crippen LogP contribution in [-0.4, -0.2) is 70.0 Å². The van der Waals surface area contributed by atoms with Crippen molar-refractivity contribution in [2.75, 3.05) is 12.3 Å². The lowest BCUT2D eigenvalue weighted by Gasteiger charge is -2.17. The molecule has 6 N–H and O–H groups in total. The summed E-state index contributed by atoms with van der Waals surface area (Å²) in [6.07, 6.45) is -3.73. The maximum absolute atomic E-state index is 14.7. The van der Waals surface area contributed by atoms with Crippen molar-refractivity contribution >= 4 is 33.2 Å². The molecule has 0 saturated carbocycles. The van der Waals surface area contributed by atoms with Gasteiger partial charge >= 0.3 is 10.3 Å². The van der Waals surface area contributed by atoms with Crippen LogP contribution in [0.2, 0.25) is 0 Å². The zero-order chi connectivity index (χ0) is 22.9. The van der Waals surface area contributed by atoms with Crippen LogP contribution in [0.25, 0.3) is 11.2 Å². The number of nitrogens with zero attached hydrogens (tertiary/aromatic N) is 4. The van der Waals surface area contributed by atoms with Crippen molar-refractivity contribution in [3.8, 4) is 0 Å². The van der Waals surface area contributed by atoms with E-state index in [2.05, 4.69) is 15.0 Å². The number of nitrogens with one attached hydrogen (secondary N) is 1. The van der Waals surface area contributed by atoms with Crippen molar-refractivity contribution in [3.63, 3.8) is 0 Å². The lowest BCUT2D eigenvalue weighted by molar-refractivity contribution is -0.121. The Morgan fingerprint density at radius 2 is 2.13 bits per heavy atom. The van der Waals surface area contributed by atoms with Crippen molar-refractivity contribution in [2.24, 2.45) is 11.7 Å². The zero-order valence-electron chi connectivity index (χ0n) is 16.8. The standard InChI is InChI=1S/C16H24FN7O6S/c1-7(2)3-8(18)15(26)23-31(27,28)29-4-9-12(25)10(17)16(30-9)24-6-22-11-13(19)20-5-21-14(11)24/h5-10,12,16,25H,3-4,18H2,1-2H3,(H,23,26)(H2,19,20,21)/t8-,9+,10+,12+,16+/m0/s1. The topological polar surface area (TPSA) is 198 Å². The van der Waals surface area contributed by atoms with E-state index in [1.54, 1.807) is 4.72 Å². The van der Waals surface area contributed by atoms with Gasteiger partial charge < -0.3 is 21.3 Å². The number of aliphatic hydroxyl groups is 1. The van der Waals surface area contributed by atoms with Gasteiger partial charge in [-0.15, -0.1) is 0 Å². The molecule has 5 atom stereocenters.